The quantitative estimate of drug-likeness (QED) is 0.576. The zero-order valence-corrected chi connectivity index (χ0v) is 16.5. The molecule has 0 bridgehead atoms. The van der Waals surface area contributed by atoms with Crippen LogP contribution in [0.15, 0.2) is 67.0 Å². The van der Waals surface area contributed by atoms with Crippen molar-refractivity contribution in [3.05, 3.63) is 89.5 Å². The van der Waals surface area contributed by atoms with E-state index in [1.807, 2.05) is 68.6 Å². The number of ketones is 1. The highest BCUT2D eigenvalue weighted by atomic mass is 79.9. The van der Waals surface area contributed by atoms with Crippen LogP contribution in [-0.2, 0) is 17.8 Å². The van der Waals surface area contributed by atoms with E-state index >= 15 is 0 Å². The summed E-state index contributed by atoms with van der Waals surface area (Å²) < 4.78 is 15.6. The minimum Gasteiger partial charge on any atom is -1.00 e. The number of hydrogen-bond donors (Lipinski definition) is 0. The van der Waals surface area contributed by atoms with Crippen molar-refractivity contribution < 1.29 is 30.7 Å². The average Bonchev–Trinajstić information content (AvgIpc) is 2.58. The molecule has 0 aliphatic heterocycles. The standard InChI is InChI=1S/C22H21FNO.BrH/c1-16-7-6-8-17(2)22(16)12-21(25)15-24-13-19(11-20(23)14-24)18-9-4-3-5-10-18;/h3-11,13-14H,12,15H2,1-2H3;1H/q+1;/p-1. The minimum absolute atomic E-state index is 0. The summed E-state index contributed by atoms with van der Waals surface area (Å²) >= 11 is 0. The predicted molar refractivity (Wildman–Crippen MR) is 96.7 cm³/mol. The van der Waals surface area contributed by atoms with Gasteiger partial charge in [-0.15, -0.1) is 0 Å². The van der Waals surface area contributed by atoms with Crippen LogP contribution >= 0.6 is 0 Å². The van der Waals surface area contributed by atoms with Crippen molar-refractivity contribution in [2.24, 2.45) is 0 Å². The molecule has 134 valence electrons. The van der Waals surface area contributed by atoms with Crippen LogP contribution in [0.25, 0.3) is 11.1 Å². The van der Waals surface area contributed by atoms with Gasteiger partial charge < -0.3 is 17.0 Å². The first-order valence-electron chi connectivity index (χ1n) is 8.35. The molecule has 3 rings (SSSR count). The summed E-state index contributed by atoms with van der Waals surface area (Å²) in [4.78, 5) is 12.5. The zero-order valence-electron chi connectivity index (χ0n) is 14.9. The maximum atomic E-state index is 14.0. The summed E-state index contributed by atoms with van der Waals surface area (Å²) in [5, 5.41) is 0. The molecule has 0 spiro atoms. The number of aromatic nitrogens is 1. The van der Waals surface area contributed by atoms with Gasteiger partial charge in [0, 0.05) is 12.0 Å². The first-order chi connectivity index (χ1) is 12.0. The van der Waals surface area contributed by atoms with Crippen LogP contribution < -0.4 is 21.5 Å². The summed E-state index contributed by atoms with van der Waals surface area (Å²) in [7, 11) is 0. The Morgan fingerprint density at radius 3 is 2.23 bits per heavy atom. The number of carbonyl (C=O) groups excluding carboxylic acids is 1. The summed E-state index contributed by atoms with van der Waals surface area (Å²) in [6.45, 7) is 4.18. The molecule has 0 aliphatic carbocycles. The number of nitrogens with zero attached hydrogens (tertiary/aromatic N) is 1. The van der Waals surface area contributed by atoms with Crippen LogP contribution in [0.1, 0.15) is 16.7 Å². The molecule has 26 heavy (non-hydrogen) atoms. The fourth-order valence-electron chi connectivity index (χ4n) is 3.06. The van der Waals surface area contributed by atoms with Gasteiger partial charge in [0.15, 0.2) is 12.0 Å². The van der Waals surface area contributed by atoms with Crippen molar-refractivity contribution in [1.82, 2.24) is 0 Å². The molecule has 0 amide bonds. The molecular formula is C22H21BrFNO. The Kier molecular flexibility index (Phi) is 6.81. The smallest absolute Gasteiger partial charge is 0.206 e. The molecule has 0 saturated carbocycles. The summed E-state index contributed by atoms with van der Waals surface area (Å²) in [6, 6.07) is 17.1. The average molecular weight is 414 g/mol. The van der Waals surface area contributed by atoms with E-state index in [2.05, 4.69) is 0 Å². The summed E-state index contributed by atoms with van der Waals surface area (Å²) in [6.07, 6.45) is 3.55. The molecule has 0 aliphatic rings. The van der Waals surface area contributed by atoms with Gasteiger partial charge in [-0.2, -0.15) is 4.57 Å². The Morgan fingerprint density at radius 2 is 1.58 bits per heavy atom. The zero-order chi connectivity index (χ0) is 17.8. The summed E-state index contributed by atoms with van der Waals surface area (Å²) in [5.41, 5.74) is 4.98. The van der Waals surface area contributed by atoms with Gasteiger partial charge in [0.05, 0.1) is 0 Å². The molecule has 4 heteroatoms. The van der Waals surface area contributed by atoms with Gasteiger partial charge in [0.2, 0.25) is 18.5 Å². The largest absolute Gasteiger partial charge is 1.00 e. The fourth-order valence-corrected chi connectivity index (χ4v) is 3.06. The van der Waals surface area contributed by atoms with Gasteiger partial charge in [-0.3, -0.25) is 4.79 Å². The Bertz CT molecular complexity index is 889. The van der Waals surface area contributed by atoms with Crippen molar-refractivity contribution in [3.8, 4) is 11.1 Å². The first-order valence-corrected chi connectivity index (χ1v) is 8.35. The SMILES string of the molecule is Cc1cccc(C)c1CC(=O)C[n+]1cc(F)cc(-c2ccccc2)c1.[Br-]. The highest BCUT2D eigenvalue weighted by Gasteiger charge is 2.16. The molecule has 0 unspecified atom stereocenters. The summed E-state index contributed by atoms with van der Waals surface area (Å²) in [5.74, 6) is -0.284. The molecule has 3 aromatic rings. The van der Waals surface area contributed by atoms with Crippen LogP contribution in [0.3, 0.4) is 0 Å². The van der Waals surface area contributed by atoms with E-state index in [0.717, 1.165) is 27.8 Å². The highest BCUT2D eigenvalue weighted by Crippen LogP contribution is 2.18. The Balaban J connectivity index is 0.00000243. The third-order valence-corrected chi connectivity index (χ3v) is 4.37. The van der Waals surface area contributed by atoms with Gasteiger partial charge in [-0.05, 0) is 42.2 Å². The number of rotatable bonds is 5. The van der Waals surface area contributed by atoms with Crippen molar-refractivity contribution in [1.29, 1.82) is 0 Å². The van der Waals surface area contributed by atoms with E-state index in [9.17, 15) is 9.18 Å². The number of benzene rings is 2. The van der Waals surface area contributed by atoms with Crippen molar-refractivity contribution in [3.63, 3.8) is 0 Å². The van der Waals surface area contributed by atoms with Crippen molar-refractivity contribution >= 4 is 5.78 Å². The molecular weight excluding hydrogens is 393 g/mol. The second kappa shape index (κ2) is 8.86. The van der Waals surface area contributed by atoms with E-state index in [4.69, 9.17) is 0 Å². The highest BCUT2D eigenvalue weighted by molar-refractivity contribution is 5.80. The van der Waals surface area contributed by atoms with Gasteiger partial charge in [-0.1, -0.05) is 48.5 Å². The maximum Gasteiger partial charge on any atom is 0.206 e. The van der Waals surface area contributed by atoms with Crippen LogP contribution in [0.2, 0.25) is 0 Å². The molecule has 2 aromatic carbocycles. The first kappa shape index (κ1) is 20.0. The maximum absolute atomic E-state index is 14.0. The number of Topliss-reactive ketones (excluding diaryl/α,β-unsaturated/α-hetero) is 1. The number of aryl methyl sites for hydroxylation is 2. The predicted octanol–water partition coefficient (Wildman–Crippen LogP) is 1.21. The second-order valence-corrected chi connectivity index (χ2v) is 6.37. The number of hydrogen-bond acceptors (Lipinski definition) is 1. The van der Waals surface area contributed by atoms with Crippen LogP contribution in [0.4, 0.5) is 4.39 Å². The molecule has 2 nitrogen and oxygen atoms in total. The normalized spacial score (nSPS) is 10.3. The Hall–Kier alpha value is -2.33. The van der Waals surface area contributed by atoms with E-state index < -0.39 is 0 Å². The van der Waals surface area contributed by atoms with Gasteiger partial charge >= 0.3 is 0 Å². The van der Waals surface area contributed by atoms with E-state index in [-0.39, 0.29) is 35.1 Å². The topological polar surface area (TPSA) is 20.9 Å². The molecule has 0 atom stereocenters. The monoisotopic (exact) mass is 413 g/mol. The molecule has 0 radical (unpaired) electrons. The van der Waals surface area contributed by atoms with E-state index in [0.29, 0.717) is 6.42 Å². The lowest BCUT2D eigenvalue weighted by Gasteiger charge is -2.08. The van der Waals surface area contributed by atoms with Crippen molar-refractivity contribution in [2.45, 2.75) is 26.8 Å². The lowest BCUT2D eigenvalue weighted by atomic mass is 9.98. The second-order valence-electron chi connectivity index (χ2n) is 6.37. The molecule has 0 saturated heterocycles. The minimum atomic E-state index is -0.346. The number of halogens is 2. The van der Waals surface area contributed by atoms with Crippen LogP contribution in [0, 0.1) is 19.7 Å². The van der Waals surface area contributed by atoms with Gasteiger partial charge in [0.1, 0.15) is 0 Å². The molecule has 1 heterocycles. The van der Waals surface area contributed by atoms with E-state index in [1.54, 1.807) is 4.57 Å². The van der Waals surface area contributed by atoms with Crippen LogP contribution in [0.5, 0.6) is 0 Å². The molecule has 0 fully saturated rings. The third kappa shape index (κ3) is 4.85. The van der Waals surface area contributed by atoms with E-state index in [1.165, 1.54) is 12.3 Å². The van der Waals surface area contributed by atoms with Crippen molar-refractivity contribution in [2.75, 3.05) is 0 Å². The molecule has 0 N–H and O–H groups in total. The van der Waals surface area contributed by atoms with Crippen LogP contribution in [-0.4, -0.2) is 5.78 Å². The fraction of sp³-hybridized carbons (Fsp3) is 0.182. The Morgan fingerprint density at radius 1 is 0.923 bits per heavy atom. The van der Waals surface area contributed by atoms with Gasteiger partial charge in [0.25, 0.3) is 0 Å². The lowest BCUT2D eigenvalue weighted by molar-refractivity contribution is -0.685. The Labute approximate surface area is 164 Å². The van der Waals surface area contributed by atoms with Gasteiger partial charge in [-0.25, -0.2) is 4.39 Å². The number of carbonyl (C=O) groups is 1. The third-order valence-electron chi connectivity index (χ3n) is 4.37. The number of pyridine rings is 1. The lowest BCUT2D eigenvalue weighted by Crippen LogP contribution is -3.00. The molecule has 1 aromatic heterocycles.